The predicted molar refractivity (Wildman–Crippen MR) is 92.2 cm³/mol. The number of benzene rings is 2. The van der Waals surface area contributed by atoms with Crippen LogP contribution in [0.15, 0.2) is 54.6 Å². The van der Waals surface area contributed by atoms with Crippen molar-refractivity contribution >= 4 is 11.8 Å². The Morgan fingerprint density at radius 3 is 2.20 bits per heavy atom. The molecule has 6 heteroatoms. The highest BCUT2D eigenvalue weighted by Gasteiger charge is 2.20. The van der Waals surface area contributed by atoms with E-state index in [1.807, 2.05) is 37.3 Å². The van der Waals surface area contributed by atoms with Gasteiger partial charge in [-0.05, 0) is 43.2 Å². The minimum absolute atomic E-state index is 0.295. The Bertz CT molecular complexity index is 704. The molecule has 2 N–H and O–H groups in total. The molecule has 0 spiro atoms. The minimum atomic E-state index is -0.845. The third kappa shape index (κ3) is 5.31. The lowest BCUT2D eigenvalue weighted by atomic mass is 9.96. The minimum Gasteiger partial charge on any atom is -0.481 e. The van der Waals surface area contributed by atoms with E-state index < -0.39 is 12.0 Å². The van der Waals surface area contributed by atoms with Gasteiger partial charge in [-0.25, -0.2) is 4.39 Å². The van der Waals surface area contributed by atoms with Crippen LogP contribution in [0.5, 0.6) is 5.75 Å². The highest BCUT2D eigenvalue weighted by atomic mass is 19.1. The zero-order valence-corrected chi connectivity index (χ0v) is 14.2. The van der Waals surface area contributed by atoms with E-state index in [9.17, 15) is 14.0 Å². The Morgan fingerprint density at radius 2 is 1.60 bits per heavy atom. The number of hydrogen-bond donors (Lipinski definition) is 2. The first-order chi connectivity index (χ1) is 12.0. The molecular formula is C19H21FN2O3. The van der Waals surface area contributed by atoms with Gasteiger partial charge in [-0.15, -0.1) is 0 Å². The molecule has 2 rings (SSSR count). The number of ether oxygens (including phenoxy) is 1. The molecule has 0 fully saturated rings. The largest absolute Gasteiger partial charge is 0.481 e. The zero-order chi connectivity index (χ0) is 18.2. The van der Waals surface area contributed by atoms with Crippen LogP contribution in [0.4, 0.5) is 4.39 Å². The summed E-state index contributed by atoms with van der Waals surface area (Å²) in [7, 11) is 0. The quantitative estimate of drug-likeness (QED) is 0.792. The van der Waals surface area contributed by atoms with Crippen molar-refractivity contribution in [1.29, 1.82) is 0 Å². The smallest absolute Gasteiger partial charge is 0.279 e. The molecule has 0 bridgehead atoms. The Kier molecular flexibility index (Phi) is 6.51. The molecule has 132 valence electrons. The number of hydrazine groups is 1. The van der Waals surface area contributed by atoms with Crippen molar-refractivity contribution in [1.82, 2.24) is 10.9 Å². The van der Waals surface area contributed by atoms with Gasteiger partial charge in [-0.2, -0.15) is 0 Å². The normalized spacial score (nSPS) is 12.8. The zero-order valence-electron chi connectivity index (χ0n) is 14.2. The van der Waals surface area contributed by atoms with E-state index >= 15 is 0 Å². The van der Waals surface area contributed by atoms with E-state index in [-0.39, 0.29) is 17.6 Å². The van der Waals surface area contributed by atoms with Crippen LogP contribution in [0, 0.1) is 5.82 Å². The number of nitrogens with one attached hydrogen (secondary N) is 2. The molecule has 2 amide bonds. The molecule has 0 aromatic heterocycles. The Hall–Kier alpha value is -2.89. The molecule has 25 heavy (non-hydrogen) atoms. The third-order valence-electron chi connectivity index (χ3n) is 3.73. The van der Waals surface area contributed by atoms with Crippen LogP contribution < -0.4 is 15.6 Å². The average molecular weight is 344 g/mol. The molecule has 2 aromatic carbocycles. The summed E-state index contributed by atoms with van der Waals surface area (Å²) in [6.45, 7) is 3.44. The molecule has 0 radical (unpaired) electrons. The summed E-state index contributed by atoms with van der Waals surface area (Å²) in [5.41, 5.74) is 5.67. The first-order valence-corrected chi connectivity index (χ1v) is 8.08. The van der Waals surface area contributed by atoms with Gasteiger partial charge < -0.3 is 4.74 Å². The third-order valence-corrected chi connectivity index (χ3v) is 3.73. The lowest BCUT2D eigenvalue weighted by Crippen LogP contribution is -2.48. The fourth-order valence-corrected chi connectivity index (χ4v) is 2.34. The summed E-state index contributed by atoms with van der Waals surface area (Å²) in [6, 6.07) is 14.7. The predicted octanol–water partition coefficient (Wildman–Crippen LogP) is 2.93. The first kappa shape index (κ1) is 18.4. The van der Waals surface area contributed by atoms with E-state index in [1.165, 1.54) is 24.3 Å². The van der Waals surface area contributed by atoms with Gasteiger partial charge in [0.05, 0.1) is 5.92 Å². The Labute approximate surface area is 146 Å². The van der Waals surface area contributed by atoms with Gasteiger partial charge in [0.15, 0.2) is 6.10 Å². The van der Waals surface area contributed by atoms with Gasteiger partial charge in [0.2, 0.25) is 5.91 Å². The molecular weight excluding hydrogens is 323 g/mol. The van der Waals surface area contributed by atoms with E-state index in [2.05, 4.69) is 10.9 Å². The van der Waals surface area contributed by atoms with Gasteiger partial charge in [0.1, 0.15) is 11.6 Å². The summed E-state index contributed by atoms with van der Waals surface area (Å²) < 4.78 is 18.3. The molecule has 0 heterocycles. The maximum atomic E-state index is 12.9. The second kappa shape index (κ2) is 8.82. The highest BCUT2D eigenvalue weighted by Crippen LogP contribution is 2.19. The van der Waals surface area contributed by atoms with Crippen LogP contribution >= 0.6 is 0 Å². The monoisotopic (exact) mass is 344 g/mol. The number of amides is 2. The van der Waals surface area contributed by atoms with E-state index in [0.29, 0.717) is 12.2 Å². The fraction of sp³-hybridized carbons (Fsp3) is 0.263. The van der Waals surface area contributed by atoms with Crippen LogP contribution in [0.3, 0.4) is 0 Å². The van der Waals surface area contributed by atoms with Crippen molar-refractivity contribution in [2.24, 2.45) is 0 Å². The van der Waals surface area contributed by atoms with Crippen LogP contribution in [-0.2, 0) is 9.59 Å². The van der Waals surface area contributed by atoms with Crippen LogP contribution in [-0.4, -0.2) is 17.9 Å². The number of halogens is 1. The fourth-order valence-electron chi connectivity index (χ4n) is 2.34. The molecule has 0 aliphatic carbocycles. The summed E-state index contributed by atoms with van der Waals surface area (Å²) >= 11 is 0. The van der Waals surface area contributed by atoms with Crippen LogP contribution in [0.1, 0.15) is 31.7 Å². The number of carbonyl (C=O) groups excluding carboxylic acids is 2. The highest BCUT2D eigenvalue weighted by molar-refractivity contribution is 5.87. The number of hydrogen-bond acceptors (Lipinski definition) is 3. The van der Waals surface area contributed by atoms with E-state index in [4.69, 9.17) is 4.74 Å². The van der Waals surface area contributed by atoms with Gasteiger partial charge in [0, 0.05) is 0 Å². The van der Waals surface area contributed by atoms with Crippen molar-refractivity contribution in [3.8, 4) is 5.75 Å². The number of carbonyl (C=O) groups is 2. The summed E-state index contributed by atoms with van der Waals surface area (Å²) in [4.78, 5) is 24.3. The van der Waals surface area contributed by atoms with Gasteiger partial charge in [-0.3, -0.25) is 20.4 Å². The van der Waals surface area contributed by atoms with Crippen molar-refractivity contribution < 1.29 is 18.7 Å². The molecule has 0 aliphatic rings. The maximum Gasteiger partial charge on any atom is 0.279 e. The van der Waals surface area contributed by atoms with Crippen LogP contribution in [0.25, 0.3) is 0 Å². The lowest BCUT2D eigenvalue weighted by molar-refractivity contribution is -0.133. The van der Waals surface area contributed by atoms with E-state index in [0.717, 1.165) is 5.56 Å². The van der Waals surface area contributed by atoms with Gasteiger partial charge >= 0.3 is 0 Å². The number of rotatable bonds is 6. The first-order valence-electron chi connectivity index (χ1n) is 8.08. The van der Waals surface area contributed by atoms with Crippen LogP contribution in [0.2, 0.25) is 0 Å². The molecule has 5 nitrogen and oxygen atoms in total. The van der Waals surface area contributed by atoms with Crippen molar-refractivity contribution in [2.45, 2.75) is 32.3 Å². The van der Waals surface area contributed by atoms with Gasteiger partial charge in [-0.1, -0.05) is 37.3 Å². The summed E-state index contributed by atoms with van der Waals surface area (Å²) in [5.74, 6) is -1.17. The molecule has 0 saturated heterocycles. The molecule has 2 atom stereocenters. The topological polar surface area (TPSA) is 67.4 Å². The van der Waals surface area contributed by atoms with Gasteiger partial charge in [0.25, 0.3) is 5.91 Å². The second-order valence-electron chi connectivity index (χ2n) is 5.56. The Balaban J connectivity index is 1.87. The molecule has 2 aromatic rings. The van der Waals surface area contributed by atoms with Crippen molar-refractivity contribution in [3.63, 3.8) is 0 Å². The average Bonchev–Trinajstić information content (AvgIpc) is 2.63. The van der Waals surface area contributed by atoms with Crippen molar-refractivity contribution in [2.75, 3.05) is 0 Å². The van der Waals surface area contributed by atoms with Crippen molar-refractivity contribution in [3.05, 3.63) is 66.0 Å². The standard InChI is InChI=1S/C19H21FN2O3/c1-3-17(14-7-5-4-6-8-14)19(24)22-21-18(23)13(2)25-16-11-9-15(20)10-12-16/h4-13,17H,3H2,1-2H3,(H,21,23)(H,22,24). The lowest BCUT2D eigenvalue weighted by Gasteiger charge is -2.18. The van der Waals surface area contributed by atoms with E-state index in [1.54, 1.807) is 6.92 Å². The SMILES string of the molecule is CCC(C(=O)NNC(=O)C(C)Oc1ccc(F)cc1)c1ccccc1. The summed E-state index contributed by atoms with van der Waals surface area (Å²) in [6.07, 6.45) is -0.240. The summed E-state index contributed by atoms with van der Waals surface area (Å²) in [5, 5.41) is 0. The second-order valence-corrected chi connectivity index (χ2v) is 5.56. The molecule has 2 unspecified atom stereocenters. The maximum absolute atomic E-state index is 12.9. The molecule has 0 aliphatic heterocycles. The Morgan fingerprint density at radius 1 is 1.00 bits per heavy atom. The molecule has 0 saturated carbocycles.